The fourth-order valence-electron chi connectivity index (χ4n) is 2.71. The Hall–Kier alpha value is -3.20. The summed E-state index contributed by atoms with van der Waals surface area (Å²) in [5, 5.41) is 0.0539. The van der Waals surface area contributed by atoms with E-state index in [9.17, 15) is 19.2 Å². The predicted octanol–water partition coefficient (Wildman–Crippen LogP) is 3.23. The Morgan fingerprint density at radius 3 is 2.23 bits per heavy atom. The van der Waals surface area contributed by atoms with Gasteiger partial charge in [0, 0.05) is 17.5 Å². The number of hydrogen-bond donors (Lipinski definition) is 1. The number of methoxy groups -OCH3 is 2. The number of ketones is 1. The van der Waals surface area contributed by atoms with Crippen molar-refractivity contribution in [3.8, 4) is 0 Å². The highest BCUT2D eigenvalue weighted by molar-refractivity contribution is 7.18. The molecule has 1 heterocycles. The molecule has 1 aromatic heterocycles. The number of carbonyl (C=O) groups is 4. The van der Waals surface area contributed by atoms with Gasteiger partial charge in [-0.25, -0.2) is 9.59 Å². The Bertz CT molecular complexity index is 993. The van der Waals surface area contributed by atoms with Crippen LogP contribution in [0.25, 0.3) is 0 Å². The second-order valence-electron chi connectivity index (χ2n) is 6.52. The summed E-state index contributed by atoms with van der Waals surface area (Å²) >= 11 is 0.844. The van der Waals surface area contributed by atoms with E-state index < -0.39 is 17.9 Å². The van der Waals surface area contributed by atoms with Gasteiger partial charge in [-0.05, 0) is 31.0 Å². The molecular weight excluding hydrogens is 410 g/mol. The summed E-state index contributed by atoms with van der Waals surface area (Å²) in [6, 6.07) is 5.35. The lowest BCUT2D eigenvalue weighted by Crippen LogP contribution is -2.13. The van der Waals surface area contributed by atoms with Crippen LogP contribution in [0, 0.1) is 13.8 Å². The van der Waals surface area contributed by atoms with Crippen LogP contribution >= 0.6 is 11.3 Å². The maximum absolute atomic E-state index is 12.3. The molecule has 160 valence electrons. The monoisotopic (exact) mass is 433 g/mol. The summed E-state index contributed by atoms with van der Waals surface area (Å²) in [7, 11) is 2.36. The van der Waals surface area contributed by atoms with Crippen molar-refractivity contribution in [1.82, 2.24) is 0 Å². The number of hydrogen-bond acceptors (Lipinski definition) is 9. The zero-order valence-corrected chi connectivity index (χ0v) is 18.0. The van der Waals surface area contributed by atoms with Crippen molar-refractivity contribution in [3.05, 3.63) is 50.9 Å². The van der Waals surface area contributed by atoms with Crippen molar-refractivity contribution in [2.45, 2.75) is 33.3 Å². The Morgan fingerprint density at radius 2 is 1.63 bits per heavy atom. The lowest BCUT2D eigenvalue weighted by Gasteiger charge is -2.08. The summed E-state index contributed by atoms with van der Waals surface area (Å²) in [6.45, 7) is 3.48. The molecule has 0 aliphatic rings. The van der Waals surface area contributed by atoms with Gasteiger partial charge in [0.2, 0.25) is 0 Å². The van der Waals surface area contributed by atoms with Crippen molar-refractivity contribution in [2.75, 3.05) is 20.0 Å². The summed E-state index contributed by atoms with van der Waals surface area (Å²) < 4.78 is 14.6. The molecule has 30 heavy (non-hydrogen) atoms. The summed E-state index contributed by atoms with van der Waals surface area (Å²) in [5.74, 6) is -2.29. The van der Waals surface area contributed by atoms with Crippen LogP contribution in [0.1, 0.15) is 59.9 Å². The van der Waals surface area contributed by atoms with Gasteiger partial charge >= 0.3 is 17.9 Å². The smallest absolute Gasteiger partial charge is 0.348 e. The van der Waals surface area contributed by atoms with Crippen LogP contribution in [0.4, 0.5) is 5.00 Å². The third kappa shape index (κ3) is 5.24. The first-order chi connectivity index (χ1) is 14.2. The molecule has 8 nitrogen and oxygen atoms in total. The number of anilines is 1. The molecule has 9 heteroatoms. The molecule has 0 radical (unpaired) electrons. The Labute approximate surface area is 177 Å². The van der Waals surface area contributed by atoms with Crippen LogP contribution in [0.3, 0.4) is 0 Å². The number of thiophene rings is 1. The van der Waals surface area contributed by atoms with Crippen LogP contribution in [0.2, 0.25) is 0 Å². The molecule has 0 atom stereocenters. The summed E-state index contributed by atoms with van der Waals surface area (Å²) in [4.78, 5) is 48.5. The molecule has 0 aliphatic carbocycles. The van der Waals surface area contributed by atoms with Gasteiger partial charge in [0.1, 0.15) is 22.0 Å². The molecule has 0 spiro atoms. The van der Waals surface area contributed by atoms with Gasteiger partial charge < -0.3 is 19.9 Å². The van der Waals surface area contributed by atoms with E-state index in [-0.39, 0.29) is 46.2 Å². The van der Waals surface area contributed by atoms with E-state index >= 15 is 0 Å². The van der Waals surface area contributed by atoms with Gasteiger partial charge in [0.05, 0.1) is 20.6 Å². The fraction of sp³-hybridized carbons (Fsp3) is 0.333. The average molecular weight is 433 g/mol. The third-order valence-corrected chi connectivity index (χ3v) is 5.60. The van der Waals surface area contributed by atoms with Crippen molar-refractivity contribution in [1.29, 1.82) is 0 Å². The van der Waals surface area contributed by atoms with Crippen molar-refractivity contribution < 1.29 is 33.4 Å². The van der Waals surface area contributed by atoms with Crippen LogP contribution < -0.4 is 5.73 Å². The van der Waals surface area contributed by atoms with E-state index in [1.54, 1.807) is 12.1 Å². The first-order valence-electron chi connectivity index (χ1n) is 9.03. The zero-order chi connectivity index (χ0) is 22.4. The lowest BCUT2D eigenvalue weighted by molar-refractivity contribution is -0.144. The fourth-order valence-corrected chi connectivity index (χ4v) is 3.68. The number of aryl methyl sites for hydroxylation is 2. The van der Waals surface area contributed by atoms with Gasteiger partial charge in [0.25, 0.3) is 0 Å². The molecule has 0 aliphatic heterocycles. The molecule has 0 bridgehead atoms. The Balaban J connectivity index is 2.06. The van der Waals surface area contributed by atoms with Gasteiger partial charge in [-0.15, -0.1) is 11.3 Å². The highest BCUT2D eigenvalue weighted by Crippen LogP contribution is 2.33. The number of nitrogens with two attached hydrogens (primary N) is 1. The molecule has 2 N–H and O–H groups in total. The van der Waals surface area contributed by atoms with Crippen molar-refractivity contribution in [2.24, 2.45) is 0 Å². The van der Waals surface area contributed by atoms with Gasteiger partial charge in [-0.3, -0.25) is 9.59 Å². The first-order valence-corrected chi connectivity index (χ1v) is 9.85. The van der Waals surface area contributed by atoms with E-state index in [4.69, 9.17) is 15.2 Å². The predicted molar refractivity (Wildman–Crippen MR) is 111 cm³/mol. The molecule has 2 aromatic rings. The number of benzene rings is 1. The first kappa shape index (κ1) is 23.1. The maximum Gasteiger partial charge on any atom is 0.348 e. The standard InChI is InChI=1S/C21H23NO7S/c1-11-5-6-13(9-12(11)2)15(23)7-8-16(24)29-10-14-17(20(25)27-3)19(22)30-18(14)21(26)28-4/h5-6,9H,7-8,10,22H2,1-4H3. The number of rotatable bonds is 8. The SMILES string of the molecule is COC(=O)c1sc(N)c(C(=O)OC)c1COC(=O)CCC(=O)c1ccc(C)c(C)c1. The third-order valence-electron chi connectivity index (χ3n) is 4.56. The number of carbonyl (C=O) groups excluding carboxylic acids is 4. The van der Waals surface area contributed by atoms with Crippen LogP contribution in [0.5, 0.6) is 0 Å². The summed E-state index contributed by atoms with van der Waals surface area (Å²) in [6.07, 6.45) is -0.173. The quantitative estimate of drug-likeness (QED) is 0.382. The number of nitrogen functional groups attached to an aromatic ring is 1. The molecular formula is C21H23NO7S. The second-order valence-corrected chi connectivity index (χ2v) is 7.57. The van der Waals surface area contributed by atoms with Crippen LogP contribution in [-0.2, 0) is 25.6 Å². The molecule has 0 saturated carbocycles. The molecule has 0 unspecified atom stereocenters. The van der Waals surface area contributed by atoms with Gasteiger partial charge in [-0.1, -0.05) is 12.1 Å². The number of ether oxygens (including phenoxy) is 3. The van der Waals surface area contributed by atoms with Gasteiger partial charge in [0.15, 0.2) is 5.78 Å². The minimum Gasteiger partial charge on any atom is -0.465 e. The number of Topliss-reactive ketones (excluding diaryl/α,β-unsaturated/α-hetero) is 1. The highest BCUT2D eigenvalue weighted by atomic mass is 32.1. The molecule has 2 rings (SSSR count). The molecule has 0 saturated heterocycles. The van der Waals surface area contributed by atoms with E-state index in [2.05, 4.69) is 4.74 Å². The normalized spacial score (nSPS) is 10.4. The van der Waals surface area contributed by atoms with E-state index in [1.165, 1.54) is 14.2 Å². The minimum atomic E-state index is -0.755. The summed E-state index contributed by atoms with van der Waals surface area (Å²) in [5.41, 5.74) is 8.49. The second kappa shape index (κ2) is 10.0. The highest BCUT2D eigenvalue weighted by Gasteiger charge is 2.28. The minimum absolute atomic E-state index is 0.0270. The largest absolute Gasteiger partial charge is 0.465 e. The Morgan fingerprint density at radius 1 is 0.967 bits per heavy atom. The Kier molecular flexibility index (Phi) is 7.71. The number of esters is 3. The zero-order valence-electron chi connectivity index (χ0n) is 17.2. The lowest BCUT2D eigenvalue weighted by atomic mass is 10.0. The van der Waals surface area contributed by atoms with Crippen molar-refractivity contribution >= 4 is 40.0 Å². The van der Waals surface area contributed by atoms with E-state index in [0.29, 0.717) is 5.56 Å². The topological polar surface area (TPSA) is 122 Å². The van der Waals surface area contributed by atoms with Crippen LogP contribution in [0.15, 0.2) is 18.2 Å². The van der Waals surface area contributed by atoms with Crippen molar-refractivity contribution in [3.63, 3.8) is 0 Å². The molecule has 0 amide bonds. The van der Waals surface area contributed by atoms with Gasteiger partial charge in [-0.2, -0.15) is 0 Å². The van der Waals surface area contributed by atoms with E-state index in [0.717, 1.165) is 22.5 Å². The molecule has 1 aromatic carbocycles. The molecule has 0 fully saturated rings. The average Bonchev–Trinajstić information content (AvgIpc) is 3.07. The maximum atomic E-state index is 12.3. The van der Waals surface area contributed by atoms with E-state index in [1.807, 2.05) is 19.9 Å². The van der Waals surface area contributed by atoms with Crippen LogP contribution in [-0.4, -0.2) is 37.9 Å².